The zero-order chi connectivity index (χ0) is 24.1. The van der Waals surface area contributed by atoms with Gasteiger partial charge in [0.25, 0.3) is 0 Å². The van der Waals surface area contributed by atoms with Gasteiger partial charge in [0.2, 0.25) is 0 Å². The van der Waals surface area contributed by atoms with Crippen LogP contribution in [0, 0.1) is 12.7 Å². The van der Waals surface area contributed by atoms with E-state index in [0.29, 0.717) is 28.3 Å². The van der Waals surface area contributed by atoms with Gasteiger partial charge in [0.05, 0.1) is 16.6 Å². The maximum atomic E-state index is 15.9. The van der Waals surface area contributed by atoms with Crippen LogP contribution in [0.1, 0.15) is 18.7 Å². The molecule has 0 fully saturated rings. The Bertz CT molecular complexity index is 1700. The third kappa shape index (κ3) is 3.71. The molecule has 0 aromatic carbocycles. The van der Waals surface area contributed by atoms with Crippen molar-refractivity contribution in [2.45, 2.75) is 26.8 Å². The topological polar surface area (TPSA) is 108 Å². The molecular weight excluding hydrogens is 463 g/mol. The van der Waals surface area contributed by atoms with Crippen LogP contribution >= 0.6 is 11.3 Å². The highest BCUT2D eigenvalue weighted by atomic mass is 32.1. The molecule has 0 aliphatic rings. The minimum atomic E-state index is -0.440. The summed E-state index contributed by atoms with van der Waals surface area (Å²) in [5.41, 5.74) is 4.79. The number of imidazole rings is 1. The third-order valence-electron chi connectivity index (χ3n) is 5.66. The molecule has 0 aliphatic carbocycles. The van der Waals surface area contributed by atoms with E-state index in [1.54, 1.807) is 29.9 Å². The van der Waals surface area contributed by atoms with Crippen LogP contribution in [0.25, 0.3) is 55.3 Å². The lowest BCUT2D eigenvalue weighted by Crippen LogP contribution is -2.09. The third-order valence-corrected chi connectivity index (χ3v) is 6.69. The number of aryl methyl sites for hydroxylation is 1. The summed E-state index contributed by atoms with van der Waals surface area (Å²) in [5.74, 6) is 0.00620. The van der Waals surface area contributed by atoms with E-state index in [0.717, 1.165) is 21.6 Å². The van der Waals surface area contributed by atoms with Gasteiger partial charge in [0.1, 0.15) is 11.5 Å². The molecule has 0 unspecified atom stereocenters. The number of hydrogen-bond donors (Lipinski definition) is 3. The van der Waals surface area contributed by atoms with Crippen LogP contribution in [0.4, 0.5) is 10.1 Å². The molecule has 0 spiro atoms. The number of rotatable bonds is 5. The highest BCUT2D eigenvalue weighted by molar-refractivity contribution is 7.15. The zero-order valence-corrected chi connectivity index (χ0v) is 20.0. The van der Waals surface area contributed by atoms with Crippen LogP contribution in [0.2, 0.25) is 0 Å². The van der Waals surface area contributed by atoms with Crippen molar-refractivity contribution in [3.05, 3.63) is 59.7 Å². The smallest absolute Gasteiger partial charge is 0.184 e. The summed E-state index contributed by atoms with van der Waals surface area (Å²) in [5, 5.41) is 10.7. The molecule has 6 rings (SSSR count). The lowest BCUT2D eigenvalue weighted by molar-refractivity contribution is 0.642. The fourth-order valence-corrected chi connectivity index (χ4v) is 5.04. The minimum Gasteiger partial charge on any atom is -0.382 e. The first-order valence-corrected chi connectivity index (χ1v) is 12.0. The molecule has 3 N–H and O–H groups in total. The lowest BCUT2D eigenvalue weighted by atomic mass is 10.1. The van der Waals surface area contributed by atoms with Gasteiger partial charge in [-0.3, -0.25) is 10.1 Å². The Balaban J connectivity index is 1.49. The first-order valence-electron chi connectivity index (χ1n) is 11.1. The Morgan fingerprint density at radius 1 is 1.03 bits per heavy atom. The predicted octanol–water partition coefficient (Wildman–Crippen LogP) is 5.95. The molecule has 0 bridgehead atoms. The van der Waals surface area contributed by atoms with Gasteiger partial charge in [-0.2, -0.15) is 5.10 Å². The van der Waals surface area contributed by atoms with Crippen molar-refractivity contribution < 1.29 is 4.39 Å². The van der Waals surface area contributed by atoms with Crippen molar-refractivity contribution in [2.24, 2.45) is 0 Å². The monoisotopic (exact) mass is 484 g/mol. The van der Waals surface area contributed by atoms with Crippen molar-refractivity contribution >= 4 is 39.2 Å². The molecule has 0 saturated heterocycles. The first-order chi connectivity index (χ1) is 17.0. The molecule has 0 amide bonds. The van der Waals surface area contributed by atoms with E-state index in [9.17, 15) is 0 Å². The summed E-state index contributed by atoms with van der Waals surface area (Å²) < 4.78 is 15.9. The van der Waals surface area contributed by atoms with E-state index in [-0.39, 0.29) is 17.1 Å². The van der Waals surface area contributed by atoms with Crippen LogP contribution in [-0.2, 0) is 0 Å². The summed E-state index contributed by atoms with van der Waals surface area (Å²) in [7, 11) is 0. The molecule has 174 valence electrons. The van der Waals surface area contributed by atoms with Gasteiger partial charge in [-0.1, -0.05) is 0 Å². The Kier molecular flexibility index (Phi) is 5.03. The Labute approximate surface area is 203 Å². The van der Waals surface area contributed by atoms with Crippen LogP contribution in [-0.4, -0.2) is 41.2 Å². The summed E-state index contributed by atoms with van der Waals surface area (Å²) in [6.07, 6.45) is 6.55. The summed E-state index contributed by atoms with van der Waals surface area (Å²) in [6.45, 7) is 6.14. The van der Waals surface area contributed by atoms with Gasteiger partial charge >= 0.3 is 0 Å². The van der Waals surface area contributed by atoms with Crippen molar-refractivity contribution in [3.63, 3.8) is 0 Å². The largest absolute Gasteiger partial charge is 0.382 e. The van der Waals surface area contributed by atoms with Gasteiger partial charge in [-0.05, 0) is 45.0 Å². The molecule has 0 saturated carbocycles. The van der Waals surface area contributed by atoms with Gasteiger partial charge in [-0.15, -0.1) is 11.3 Å². The maximum absolute atomic E-state index is 15.9. The molecular formula is C25H21FN8S. The number of thiophene rings is 1. The fourth-order valence-electron chi connectivity index (χ4n) is 4.14. The number of anilines is 1. The van der Waals surface area contributed by atoms with E-state index in [1.807, 2.05) is 26.0 Å². The molecule has 0 radical (unpaired) electrons. The van der Waals surface area contributed by atoms with Crippen molar-refractivity contribution in [3.8, 4) is 33.1 Å². The Morgan fingerprint density at radius 2 is 1.91 bits per heavy atom. The summed E-state index contributed by atoms with van der Waals surface area (Å²) in [6, 6.07) is 8.19. The predicted molar refractivity (Wildman–Crippen MR) is 137 cm³/mol. The number of pyridine rings is 3. The molecule has 0 atom stereocenters. The quantitative estimate of drug-likeness (QED) is 0.279. The summed E-state index contributed by atoms with van der Waals surface area (Å²) >= 11 is 1.69. The number of nitrogens with zero attached hydrogens (tertiary/aromatic N) is 5. The second kappa shape index (κ2) is 8.24. The molecule has 6 aromatic heterocycles. The molecule has 6 aromatic rings. The second-order valence-corrected chi connectivity index (χ2v) is 9.89. The van der Waals surface area contributed by atoms with Crippen LogP contribution in [0.5, 0.6) is 0 Å². The molecule has 8 nitrogen and oxygen atoms in total. The van der Waals surface area contributed by atoms with Crippen LogP contribution in [0.15, 0.2) is 49.1 Å². The standard InChI is InChI=1S/C25H21FN8S/c1-12(2)30-15-8-14(9-27-10-15)17-11-29-23-19(20(17)26)22(33-34-23)25-31-21-16(6-7-28-24(21)32-25)18-5-4-13(3)35-18/h4-12,30H,1-3H3,(H,28,31,32)(H,29,33,34). The Hall–Kier alpha value is -4.18. The Morgan fingerprint density at radius 3 is 2.71 bits per heavy atom. The average Bonchev–Trinajstić information content (AvgIpc) is 3.56. The van der Waals surface area contributed by atoms with Crippen molar-refractivity contribution in [1.82, 2.24) is 35.1 Å². The molecule has 35 heavy (non-hydrogen) atoms. The second-order valence-electron chi connectivity index (χ2n) is 8.60. The normalized spacial score (nSPS) is 11.7. The van der Waals surface area contributed by atoms with Crippen molar-refractivity contribution in [2.75, 3.05) is 5.32 Å². The fraction of sp³-hybridized carbons (Fsp3) is 0.160. The zero-order valence-electron chi connectivity index (χ0n) is 19.2. The number of halogens is 1. The highest BCUT2D eigenvalue weighted by Gasteiger charge is 2.21. The van der Waals surface area contributed by atoms with E-state index in [2.05, 4.69) is 59.5 Å². The number of aromatic nitrogens is 7. The maximum Gasteiger partial charge on any atom is 0.184 e. The SMILES string of the molecule is Cc1ccc(-c2ccnc3nc(-c4[nH]nc5ncc(-c6cncc(NC(C)C)c6)c(F)c45)[nH]c23)s1. The molecule has 10 heteroatoms. The lowest BCUT2D eigenvalue weighted by Gasteiger charge is -2.11. The summed E-state index contributed by atoms with van der Waals surface area (Å²) in [4.78, 5) is 23.4. The van der Waals surface area contributed by atoms with Gasteiger partial charge in [0, 0.05) is 57.3 Å². The number of fused-ring (bicyclic) bond motifs is 2. The molecule has 6 heterocycles. The van der Waals surface area contributed by atoms with Crippen LogP contribution < -0.4 is 5.32 Å². The first kappa shape index (κ1) is 21.4. The van der Waals surface area contributed by atoms with Crippen LogP contribution in [0.3, 0.4) is 0 Å². The van der Waals surface area contributed by atoms with E-state index in [1.165, 1.54) is 11.1 Å². The van der Waals surface area contributed by atoms with E-state index in [4.69, 9.17) is 0 Å². The molecule has 0 aliphatic heterocycles. The van der Waals surface area contributed by atoms with Crippen molar-refractivity contribution in [1.29, 1.82) is 0 Å². The highest BCUT2D eigenvalue weighted by Crippen LogP contribution is 2.36. The van der Waals surface area contributed by atoms with Gasteiger partial charge < -0.3 is 10.3 Å². The minimum absolute atomic E-state index is 0.225. The number of hydrogen-bond acceptors (Lipinski definition) is 7. The van der Waals surface area contributed by atoms with E-state index >= 15 is 4.39 Å². The van der Waals surface area contributed by atoms with E-state index < -0.39 is 5.82 Å². The number of nitrogens with one attached hydrogen (secondary N) is 3. The van der Waals surface area contributed by atoms with Gasteiger partial charge in [-0.25, -0.2) is 19.3 Å². The number of aromatic amines is 2. The van der Waals surface area contributed by atoms with Gasteiger partial charge in [0.15, 0.2) is 17.1 Å². The number of H-pyrrole nitrogens is 2. The average molecular weight is 485 g/mol.